The van der Waals surface area contributed by atoms with Gasteiger partial charge >= 0.3 is 23.9 Å². The molecule has 11 nitrogen and oxygen atoms in total. The third kappa shape index (κ3) is 4.95. The molecule has 2 atom stereocenters. The molecule has 0 aromatic carbocycles. The fourth-order valence-corrected chi connectivity index (χ4v) is 2.28. The molecule has 0 saturated carbocycles. The maximum atomic E-state index is 11.0. The van der Waals surface area contributed by atoms with Crippen LogP contribution in [0.5, 0.6) is 0 Å². The summed E-state index contributed by atoms with van der Waals surface area (Å²) in [4.78, 5) is 43.6. The first-order chi connectivity index (χ1) is 9.84. The Hall–Kier alpha value is -2.24. The minimum Gasteiger partial charge on any atom is -0.481 e. The van der Waals surface area contributed by atoms with Crippen LogP contribution in [0, 0.1) is 5.41 Å². The number of aliphatic hydroxyl groups is 1. The molecule has 22 heavy (non-hydrogen) atoms. The Morgan fingerprint density at radius 2 is 1.18 bits per heavy atom. The fourth-order valence-electron chi connectivity index (χ4n) is 2.28. The van der Waals surface area contributed by atoms with Crippen molar-refractivity contribution in [3.05, 3.63) is 0 Å². The average Bonchev–Trinajstić information content (AvgIpc) is 2.23. The Morgan fingerprint density at radius 1 is 0.818 bits per heavy atom. The van der Waals surface area contributed by atoms with Gasteiger partial charge in [0.15, 0.2) is 0 Å². The van der Waals surface area contributed by atoms with E-state index in [1.165, 1.54) is 0 Å². The maximum Gasteiger partial charge on any atom is 0.307 e. The predicted molar refractivity (Wildman–Crippen MR) is 68.6 cm³/mol. The smallest absolute Gasteiger partial charge is 0.307 e. The summed E-state index contributed by atoms with van der Waals surface area (Å²) in [5.41, 5.74) is 5.79. The quantitative estimate of drug-likeness (QED) is 0.215. The minimum absolute atomic E-state index is 0.903. The summed E-state index contributed by atoms with van der Waals surface area (Å²) in [5, 5.41) is 45.5. The van der Waals surface area contributed by atoms with E-state index in [2.05, 4.69) is 0 Å². The highest BCUT2D eigenvalue weighted by molar-refractivity contribution is 5.75. The van der Waals surface area contributed by atoms with E-state index in [-0.39, 0.29) is 0 Å². The first-order valence-corrected chi connectivity index (χ1v) is 5.98. The maximum absolute atomic E-state index is 11.0. The van der Waals surface area contributed by atoms with Gasteiger partial charge in [0.25, 0.3) is 0 Å². The number of hydrogen-bond acceptors (Lipinski definition) is 7. The number of carboxylic acids is 4. The molecule has 126 valence electrons. The highest BCUT2D eigenvalue weighted by atomic mass is 16.4. The molecule has 0 aliphatic rings. The lowest BCUT2D eigenvalue weighted by atomic mass is 9.65. The first kappa shape index (κ1) is 19.8. The molecule has 11 heteroatoms. The van der Waals surface area contributed by atoms with Crippen LogP contribution >= 0.6 is 0 Å². The Kier molecular flexibility index (Phi) is 6.43. The molecule has 0 aromatic rings. The molecular formula is C11H18N2O9. The number of carbonyl (C=O) groups is 4. The highest BCUT2D eigenvalue weighted by Crippen LogP contribution is 2.41. The second kappa shape index (κ2) is 7.15. The van der Waals surface area contributed by atoms with E-state index in [9.17, 15) is 24.3 Å². The van der Waals surface area contributed by atoms with Crippen molar-refractivity contribution in [1.29, 1.82) is 0 Å². The van der Waals surface area contributed by atoms with Gasteiger partial charge in [0.1, 0.15) is 5.72 Å². The lowest BCUT2D eigenvalue weighted by Gasteiger charge is -2.46. The average molecular weight is 322 g/mol. The third-order valence-electron chi connectivity index (χ3n) is 3.32. The van der Waals surface area contributed by atoms with Crippen LogP contribution in [0.4, 0.5) is 0 Å². The molecule has 0 saturated heterocycles. The van der Waals surface area contributed by atoms with Gasteiger partial charge in [-0.05, 0) is 0 Å². The molecule has 0 fully saturated rings. The summed E-state index contributed by atoms with van der Waals surface area (Å²) in [5.74, 6) is -6.35. The van der Waals surface area contributed by atoms with Crippen molar-refractivity contribution < 1.29 is 44.7 Å². The van der Waals surface area contributed by atoms with Gasteiger partial charge in [-0.3, -0.25) is 19.2 Å². The summed E-state index contributed by atoms with van der Waals surface area (Å²) < 4.78 is 0. The zero-order valence-electron chi connectivity index (χ0n) is 11.4. The number of nitrogens with two attached hydrogens (primary N) is 2. The largest absolute Gasteiger partial charge is 0.481 e. The van der Waals surface area contributed by atoms with Gasteiger partial charge in [0, 0.05) is 11.5 Å². The predicted octanol–water partition coefficient (Wildman–Crippen LogP) is -2.15. The van der Waals surface area contributed by atoms with Crippen LogP contribution in [-0.4, -0.2) is 61.2 Å². The monoisotopic (exact) mass is 322 g/mol. The Labute approximate surface area is 124 Å². The summed E-state index contributed by atoms with van der Waals surface area (Å²) in [6.07, 6.45) is -4.34. The van der Waals surface area contributed by atoms with Crippen molar-refractivity contribution in [2.24, 2.45) is 16.9 Å². The Morgan fingerprint density at radius 3 is 1.45 bits per heavy atom. The molecule has 0 bridgehead atoms. The molecule has 9 N–H and O–H groups in total. The Balaban J connectivity index is 6.03. The van der Waals surface area contributed by atoms with Crippen molar-refractivity contribution in [1.82, 2.24) is 0 Å². The molecule has 0 rings (SSSR count). The Bertz CT molecular complexity index is 458. The van der Waals surface area contributed by atoms with Crippen molar-refractivity contribution in [3.8, 4) is 0 Å². The summed E-state index contributed by atoms with van der Waals surface area (Å²) in [6, 6.07) is -1.70. The van der Waals surface area contributed by atoms with Gasteiger partial charge in [-0.2, -0.15) is 0 Å². The molecular weight excluding hydrogens is 304 g/mol. The van der Waals surface area contributed by atoms with Crippen LogP contribution in [-0.2, 0) is 19.2 Å². The van der Waals surface area contributed by atoms with E-state index in [0.29, 0.717) is 0 Å². The van der Waals surface area contributed by atoms with Gasteiger partial charge in [0.2, 0.25) is 0 Å². The molecule has 0 aliphatic carbocycles. The third-order valence-corrected chi connectivity index (χ3v) is 3.32. The van der Waals surface area contributed by atoms with Gasteiger partial charge in [0.05, 0.1) is 25.7 Å². The molecule has 0 spiro atoms. The second-order valence-electron chi connectivity index (χ2n) is 5.00. The first-order valence-electron chi connectivity index (χ1n) is 5.98. The molecule has 0 aliphatic heterocycles. The van der Waals surface area contributed by atoms with Crippen molar-refractivity contribution >= 4 is 23.9 Å². The zero-order valence-corrected chi connectivity index (χ0v) is 11.4. The molecule has 2 unspecified atom stereocenters. The highest BCUT2D eigenvalue weighted by Gasteiger charge is 2.55. The van der Waals surface area contributed by atoms with Crippen LogP contribution in [0.2, 0.25) is 0 Å². The van der Waals surface area contributed by atoms with E-state index < -0.39 is 66.7 Å². The van der Waals surface area contributed by atoms with Gasteiger partial charge in [-0.1, -0.05) is 0 Å². The summed E-state index contributed by atoms with van der Waals surface area (Å²) in [6.45, 7) is 0. The van der Waals surface area contributed by atoms with Gasteiger partial charge < -0.3 is 37.0 Å². The molecule has 0 amide bonds. The van der Waals surface area contributed by atoms with Crippen LogP contribution in [0.15, 0.2) is 0 Å². The van der Waals surface area contributed by atoms with Crippen LogP contribution in [0.3, 0.4) is 0 Å². The van der Waals surface area contributed by atoms with E-state index >= 15 is 0 Å². The van der Waals surface area contributed by atoms with Crippen molar-refractivity contribution in [2.75, 3.05) is 0 Å². The summed E-state index contributed by atoms with van der Waals surface area (Å²) in [7, 11) is 0. The second-order valence-corrected chi connectivity index (χ2v) is 5.00. The number of carboxylic acid groups (broad SMARTS) is 4. The topological polar surface area (TPSA) is 221 Å². The van der Waals surface area contributed by atoms with Crippen molar-refractivity contribution in [2.45, 2.75) is 37.5 Å². The molecule has 0 radical (unpaired) electrons. The van der Waals surface area contributed by atoms with E-state index in [0.717, 1.165) is 0 Å². The van der Waals surface area contributed by atoms with E-state index in [1.54, 1.807) is 0 Å². The molecule has 0 aromatic heterocycles. The number of hydrogen-bond donors (Lipinski definition) is 7. The van der Waals surface area contributed by atoms with Gasteiger partial charge in [-0.15, -0.1) is 0 Å². The standard InChI is InChI=1S/C11H18N2O9/c12-5(1-6(14)15)10(2-7(16)17,3-8(18)19)11(13,22)4-9(20)21/h5,22H,1-4,12-13H2,(H,14,15)(H,16,17)(H,18,19)(H,20,21). The lowest BCUT2D eigenvalue weighted by Crippen LogP contribution is -2.65. The lowest BCUT2D eigenvalue weighted by molar-refractivity contribution is -0.172. The van der Waals surface area contributed by atoms with Gasteiger partial charge in [-0.25, -0.2) is 0 Å². The van der Waals surface area contributed by atoms with E-state index in [1.807, 2.05) is 0 Å². The van der Waals surface area contributed by atoms with Crippen LogP contribution in [0.25, 0.3) is 0 Å². The zero-order chi connectivity index (χ0) is 17.7. The van der Waals surface area contributed by atoms with Crippen molar-refractivity contribution in [3.63, 3.8) is 0 Å². The number of aliphatic carboxylic acids is 4. The molecule has 0 heterocycles. The van der Waals surface area contributed by atoms with Crippen LogP contribution in [0.1, 0.15) is 25.7 Å². The van der Waals surface area contributed by atoms with Crippen LogP contribution < -0.4 is 11.5 Å². The van der Waals surface area contributed by atoms with E-state index in [4.69, 9.17) is 31.9 Å². The normalized spacial score (nSPS) is 15.6. The minimum atomic E-state index is -2.84. The SMILES string of the molecule is NC(CC(=O)O)C(CC(=O)O)(CC(=O)O)C(N)(O)CC(=O)O. The fraction of sp³-hybridized carbons (Fsp3) is 0.636. The summed E-state index contributed by atoms with van der Waals surface area (Å²) >= 11 is 0. The number of rotatable bonds is 10.